The molecule has 7 nitrogen and oxygen atoms in total. The maximum absolute atomic E-state index is 13.8. The Morgan fingerprint density at radius 1 is 1.12 bits per heavy atom. The summed E-state index contributed by atoms with van der Waals surface area (Å²) in [5, 5.41) is 3.58. The normalized spacial score (nSPS) is 35.4. The van der Waals surface area contributed by atoms with E-state index in [0.29, 0.717) is 29.5 Å². The Hall–Kier alpha value is -1.64. The van der Waals surface area contributed by atoms with Gasteiger partial charge in [-0.2, -0.15) is 0 Å². The minimum absolute atomic E-state index is 0.0443. The Labute approximate surface area is 195 Å². The Kier molecular flexibility index (Phi) is 5.54. The van der Waals surface area contributed by atoms with Crippen LogP contribution in [0.4, 0.5) is 5.69 Å². The Balaban J connectivity index is 1.44. The number of carbonyl (C=O) groups excluding carboxylic acids is 2. The minimum Gasteiger partial charge on any atom is -0.755 e. The Morgan fingerprint density at radius 2 is 1.75 bits per heavy atom. The number of rotatable bonds is 6. The molecule has 6 rings (SSSR count). The molecule has 0 aromatic heterocycles. The molecule has 0 aliphatic heterocycles. The molecule has 0 heterocycles. The largest absolute Gasteiger partial charge is 0.755 e. The van der Waals surface area contributed by atoms with Gasteiger partial charge in [-0.3, -0.25) is 18.1 Å². The second kappa shape index (κ2) is 7.99. The summed E-state index contributed by atoms with van der Waals surface area (Å²) in [5.41, 5.74) is 4.51. The molecule has 4 bridgehead atoms. The third kappa shape index (κ3) is 3.37. The van der Waals surface area contributed by atoms with Gasteiger partial charge in [0.2, 0.25) is 11.8 Å². The second-order valence-electron chi connectivity index (χ2n) is 10.3. The van der Waals surface area contributed by atoms with E-state index >= 15 is 0 Å². The molecule has 3 unspecified atom stereocenters. The number of nitrogens with two attached hydrogens (primary N) is 1. The van der Waals surface area contributed by atoms with Gasteiger partial charge >= 0.3 is 0 Å². The van der Waals surface area contributed by atoms with E-state index in [1.165, 1.54) is 4.31 Å². The van der Waals surface area contributed by atoms with E-state index in [-0.39, 0.29) is 29.7 Å². The number of anilines is 1. The highest BCUT2D eigenvalue weighted by molar-refractivity contribution is 7.80. The average Bonchev–Trinajstić information content (AvgIpc) is 3.22. The number of amides is 2. The van der Waals surface area contributed by atoms with Gasteiger partial charge < -0.3 is 15.6 Å². The predicted octanol–water partition coefficient (Wildman–Crippen LogP) is 3.05. The first-order valence-electron chi connectivity index (χ1n) is 11.5. The van der Waals surface area contributed by atoms with Crippen molar-refractivity contribution in [2.75, 3.05) is 4.31 Å². The SMILES string of the molecule is NC(=O)C12CC3CC(C1)C(NC(=O)C1(N(c4ccccc4Cl)S(=O)[O-])CCCC1)C(C3)C2. The number of nitrogens with zero attached hydrogens (tertiary/aromatic N) is 1. The smallest absolute Gasteiger partial charge is 0.247 e. The van der Waals surface area contributed by atoms with Gasteiger partial charge in [-0.05, 0) is 74.8 Å². The third-order valence-electron chi connectivity index (χ3n) is 8.56. The van der Waals surface area contributed by atoms with Gasteiger partial charge in [-0.25, -0.2) is 0 Å². The van der Waals surface area contributed by atoms with Gasteiger partial charge in [-0.1, -0.05) is 36.6 Å². The fourth-order valence-corrected chi connectivity index (χ4v) is 8.54. The summed E-state index contributed by atoms with van der Waals surface area (Å²) < 4.78 is 26.1. The molecule has 0 radical (unpaired) electrons. The summed E-state index contributed by atoms with van der Waals surface area (Å²) in [6, 6.07) is 6.70. The highest BCUT2D eigenvalue weighted by Gasteiger charge is 2.59. The lowest BCUT2D eigenvalue weighted by molar-refractivity contribution is -0.148. The van der Waals surface area contributed by atoms with E-state index in [0.717, 1.165) is 44.9 Å². The predicted molar refractivity (Wildman–Crippen MR) is 121 cm³/mol. The van der Waals surface area contributed by atoms with Crippen molar-refractivity contribution in [2.45, 2.75) is 69.4 Å². The molecule has 0 saturated heterocycles. The van der Waals surface area contributed by atoms with Crippen LogP contribution in [0, 0.1) is 23.2 Å². The molecule has 9 heteroatoms. The van der Waals surface area contributed by atoms with Gasteiger partial charge in [0.1, 0.15) is 5.54 Å². The van der Waals surface area contributed by atoms with E-state index in [1.54, 1.807) is 24.3 Å². The zero-order valence-corrected chi connectivity index (χ0v) is 19.5. The van der Waals surface area contributed by atoms with Crippen molar-refractivity contribution in [3.8, 4) is 0 Å². The Bertz CT molecular complexity index is 950. The maximum Gasteiger partial charge on any atom is 0.247 e. The summed E-state index contributed by atoms with van der Waals surface area (Å²) in [7, 11) is 0. The topological polar surface area (TPSA) is 116 Å². The van der Waals surface area contributed by atoms with Crippen LogP contribution < -0.4 is 15.4 Å². The molecule has 0 spiro atoms. The van der Waals surface area contributed by atoms with Crippen LogP contribution in [-0.2, 0) is 20.9 Å². The van der Waals surface area contributed by atoms with E-state index in [2.05, 4.69) is 5.32 Å². The van der Waals surface area contributed by atoms with Crippen LogP contribution in [0.5, 0.6) is 0 Å². The second-order valence-corrected chi connectivity index (χ2v) is 11.5. The van der Waals surface area contributed by atoms with Crippen molar-refractivity contribution in [2.24, 2.45) is 28.9 Å². The summed E-state index contributed by atoms with van der Waals surface area (Å²) in [6.07, 6.45) is 6.74. The molecule has 5 aliphatic carbocycles. The summed E-state index contributed by atoms with van der Waals surface area (Å²) in [5.74, 6) is 0.456. The fraction of sp³-hybridized carbons (Fsp3) is 0.652. The first kappa shape index (κ1) is 22.2. The zero-order valence-electron chi connectivity index (χ0n) is 17.9. The van der Waals surface area contributed by atoms with Crippen LogP contribution in [0.3, 0.4) is 0 Å². The molecule has 5 fully saturated rings. The van der Waals surface area contributed by atoms with Crippen molar-refractivity contribution in [1.82, 2.24) is 5.32 Å². The third-order valence-corrected chi connectivity index (χ3v) is 9.72. The van der Waals surface area contributed by atoms with Gasteiger partial charge in [0.05, 0.1) is 10.7 Å². The van der Waals surface area contributed by atoms with Crippen molar-refractivity contribution in [3.05, 3.63) is 29.3 Å². The first-order valence-corrected chi connectivity index (χ1v) is 12.9. The molecule has 174 valence electrons. The number of halogens is 1. The number of para-hydroxylation sites is 1. The van der Waals surface area contributed by atoms with E-state index in [4.69, 9.17) is 17.3 Å². The quantitative estimate of drug-likeness (QED) is 0.611. The summed E-state index contributed by atoms with van der Waals surface area (Å²) >= 11 is 3.69. The van der Waals surface area contributed by atoms with Gasteiger partial charge in [0.25, 0.3) is 0 Å². The number of hydrogen-bond donors (Lipinski definition) is 2. The molecule has 1 aromatic rings. The van der Waals surface area contributed by atoms with Crippen molar-refractivity contribution < 1.29 is 18.4 Å². The number of benzene rings is 1. The Morgan fingerprint density at radius 3 is 2.31 bits per heavy atom. The highest BCUT2D eigenvalue weighted by atomic mass is 35.5. The van der Waals surface area contributed by atoms with E-state index in [1.807, 2.05) is 0 Å². The highest BCUT2D eigenvalue weighted by Crippen LogP contribution is 2.60. The summed E-state index contributed by atoms with van der Waals surface area (Å²) in [6.45, 7) is 0. The van der Waals surface area contributed by atoms with Crippen LogP contribution in [0.2, 0.25) is 5.02 Å². The van der Waals surface area contributed by atoms with Gasteiger partial charge in [-0.15, -0.1) is 0 Å². The van der Waals surface area contributed by atoms with Crippen LogP contribution in [0.15, 0.2) is 24.3 Å². The van der Waals surface area contributed by atoms with Gasteiger partial charge in [0, 0.05) is 22.7 Å². The molecule has 32 heavy (non-hydrogen) atoms. The van der Waals surface area contributed by atoms with Crippen LogP contribution in [0.25, 0.3) is 0 Å². The molecule has 3 N–H and O–H groups in total. The standard InChI is InChI=1S/C23H30ClN3O4S/c24-17-5-1-2-6-18(17)27(32(30)31)23(7-3-4-8-23)21(29)26-19-15-9-14-10-16(19)13-22(11-14,12-15)20(25)28/h1-2,5-6,14-16,19H,3-4,7-13H2,(H2,25,28)(H,26,29)(H,30,31)/p-1. The number of nitrogens with one attached hydrogen (secondary N) is 1. The molecule has 3 atom stereocenters. The number of hydrogen-bond acceptors (Lipinski definition) is 4. The molecule has 2 amide bonds. The summed E-state index contributed by atoms with van der Waals surface area (Å²) in [4.78, 5) is 26.1. The molecule has 5 aliphatic rings. The van der Waals surface area contributed by atoms with Crippen LogP contribution in [0.1, 0.15) is 57.8 Å². The monoisotopic (exact) mass is 478 g/mol. The molecular weight excluding hydrogens is 450 g/mol. The maximum atomic E-state index is 13.8. The lowest BCUT2D eigenvalue weighted by atomic mass is 9.47. The first-order chi connectivity index (χ1) is 15.3. The lowest BCUT2D eigenvalue weighted by Crippen LogP contribution is -2.66. The van der Waals surface area contributed by atoms with E-state index in [9.17, 15) is 18.4 Å². The van der Waals surface area contributed by atoms with Crippen molar-refractivity contribution >= 4 is 40.4 Å². The average molecular weight is 479 g/mol. The lowest BCUT2D eigenvalue weighted by Gasteiger charge is -2.59. The number of carbonyl (C=O) groups is 2. The molecule has 5 saturated carbocycles. The molecule has 1 aromatic carbocycles. The minimum atomic E-state index is -2.66. The molecular formula is C23H29ClN3O4S-. The van der Waals surface area contributed by atoms with Crippen LogP contribution in [-0.4, -0.2) is 32.2 Å². The van der Waals surface area contributed by atoms with Crippen molar-refractivity contribution in [3.63, 3.8) is 0 Å². The number of primary amides is 1. The van der Waals surface area contributed by atoms with Crippen LogP contribution >= 0.6 is 11.6 Å². The zero-order chi connectivity index (χ0) is 22.7. The van der Waals surface area contributed by atoms with Crippen molar-refractivity contribution in [1.29, 1.82) is 0 Å². The van der Waals surface area contributed by atoms with Gasteiger partial charge in [0.15, 0.2) is 0 Å². The van der Waals surface area contributed by atoms with E-state index < -0.39 is 22.2 Å². The fourth-order valence-electron chi connectivity index (χ4n) is 7.40.